The van der Waals surface area contributed by atoms with Crippen molar-refractivity contribution >= 4 is 11.8 Å². The smallest absolute Gasteiger partial charge is 0.337 e. The standard InChI is InChI=1S/C16H14O4/c17-14(10-11-4-2-1-3-5-11)12-6-8-13(9-7-12)15(18)16(19)20/h1-9,15,18H,10H2,(H,19,20). The summed E-state index contributed by atoms with van der Waals surface area (Å²) in [6.07, 6.45) is -1.27. The van der Waals surface area contributed by atoms with Gasteiger partial charge in [-0.25, -0.2) is 4.79 Å². The average Bonchev–Trinajstić information content (AvgIpc) is 2.47. The Morgan fingerprint density at radius 3 is 2.10 bits per heavy atom. The van der Waals surface area contributed by atoms with Crippen molar-refractivity contribution in [1.29, 1.82) is 0 Å². The Balaban J connectivity index is 2.10. The summed E-state index contributed by atoms with van der Waals surface area (Å²) < 4.78 is 0. The molecule has 0 heterocycles. The molecule has 4 nitrogen and oxygen atoms in total. The van der Waals surface area contributed by atoms with Gasteiger partial charge in [0.2, 0.25) is 0 Å². The van der Waals surface area contributed by atoms with Crippen LogP contribution < -0.4 is 0 Å². The van der Waals surface area contributed by atoms with E-state index in [9.17, 15) is 14.7 Å². The van der Waals surface area contributed by atoms with Crippen LogP contribution in [0.5, 0.6) is 0 Å². The maximum Gasteiger partial charge on any atom is 0.337 e. The minimum atomic E-state index is -1.56. The predicted molar refractivity (Wildman–Crippen MR) is 73.5 cm³/mol. The molecule has 0 aliphatic carbocycles. The van der Waals surface area contributed by atoms with Crippen LogP contribution in [0.2, 0.25) is 0 Å². The lowest BCUT2D eigenvalue weighted by molar-refractivity contribution is -0.146. The van der Waals surface area contributed by atoms with Gasteiger partial charge < -0.3 is 10.2 Å². The number of aliphatic hydroxyl groups excluding tert-OH is 1. The van der Waals surface area contributed by atoms with Crippen LogP contribution in [0.4, 0.5) is 0 Å². The first-order valence-corrected chi connectivity index (χ1v) is 6.16. The fourth-order valence-corrected chi connectivity index (χ4v) is 1.88. The molecule has 1 unspecified atom stereocenters. The molecular formula is C16H14O4. The van der Waals surface area contributed by atoms with Gasteiger partial charge in [0, 0.05) is 12.0 Å². The Morgan fingerprint density at radius 2 is 1.55 bits per heavy atom. The highest BCUT2D eigenvalue weighted by Crippen LogP contribution is 2.15. The van der Waals surface area contributed by atoms with Gasteiger partial charge >= 0.3 is 5.97 Å². The van der Waals surface area contributed by atoms with Gasteiger partial charge in [-0.05, 0) is 11.1 Å². The molecule has 2 rings (SSSR count). The molecule has 1 atom stereocenters. The van der Waals surface area contributed by atoms with Crippen LogP contribution >= 0.6 is 0 Å². The molecule has 0 saturated carbocycles. The molecule has 0 aliphatic rings. The first-order valence-electron chi connectivity index (χ1n) is 6.16. The van der Waals surface area contributed by atoms with E-state index in [1.165, 1.54) is 24.3 Å². The molecule has 0 bridgehead atoms. The zero-order chi connectivity index (χ0) is 14.5. The maximum absolute atomic E-state index is 12.1. The van der Waals surface area contributed by atoms with Crippen molar-refractivity contribution in [3.8, 4) is 0 Å². The van der Waals surface area contributed by atoms with Crippen LogP contribution in [-0.2, 0) is 11.2 Å². The first kappa shape index (κ1) is 14.0. The maximum atomic E-state index is 12.1. The number of carbonyl (C=O) groups excluding carboxylic acids is 1. The number of aliphatic carboxylic acids is 1. The summed E-state index contributed by atoms with van der Waals surface area (Å²) in [6.45, 7) is 0. The van der Waals surface area contributed by atoms with Crippen LogP contribution in [0.15, 0.2) is 54.6 Å². The van der Waals surface area contributed by atoms with Crippen molar-refractivity contribution in [1.82, 2.24) is 0 Å². The quantitative estimate of drug-likeness (QED) is 0.817. The van der Waals surface area contributed by atoms with Gasteiger partial charge in [-0.1, -0.05) is 54.6 Å². The van der Waals surface area contributed by atoms with Crippen molar-refractivity contribution in [3.63, 3.8) is 0 Å². The van der Waals surface area contributed by atoms with Gasteiger partial charge in [0.05, 0.1) is 0 Å². The SMILES string of the molecule is O=C(Cc1ccccc1)c1ccc(C(O)C(=O)O)cc1. The molecule has 0 radical (unpaired) electrons. The summed E-state index contributed by atoms with van der Waals surface area (Å²) in [6, 6.07) is 15.4. The largest absolute Gasteiger partial charge is 0.479 e. The number of ketones is 1. The topological polar surface area (TPSA) is 74.6 Å². The summed E-state index contributed by atoms with van der Waals surface area (Å²) >= 11 is 0. The summed E-state index contributed by atoms with van der Waals surface area (Å²) in [4.78, 5) is 22.7. The minimum Gasteiger partial charge on any atom is -0.479 e. The van der Waals surface area contributed by atoms with Crippen LogP contribution in [-0.4, -0.2) is 22.0 Å². The molecule has 0 spiro atoms. The zero-order valence-electron chi connectivity index (χ0n) is 10.7. The number of carboxylic acid groups (broad SMARTS) is 1. The van der Waals surface area contributed by atoms with Crippen molar-refractivity contribution < 1.29 is 19.8 Å². The van der Waals surface area contributed by atoms with E-state index in [0.29, 0.717) is 12.0 Å². The Morgan fingerprint density at radius 1 is 0.950 bits per heavy atom. The monoisotopic (exact) mass is 270 g/mol. The number of rotatable bonds is 5. The third-order valence-electron chi connectivity index (χ3n) is 2.99. The van der Waals surface area contributed by atoms with E-state index in [-0.39, 0.29) is 11.3 Å². The lowest BCUT2D eigenvalue weighted by atomic mass is 10.0. The van der Waals surface area contributed by atoms with Gasteiger partial charge in [-0.2, -0.15) is 0 Å². The normalized spacial score (nSPS) is 11.8. The highest BCUT2D eigenvalue weighted by molar-refractivity contribution is 5.97. The number of hydrogen-bond acceptors (Lipinski definition) is 3. The van der Waals surface area contributed by atoms with Crippen LogP contribution in [0.25, 0.3) is 0 Å². The molecule has 0 fully saturated rings. The fraction of sp³-hybridized carbons (Fsp3) is 0.125. The highest BCUT2D eigenvalue weighted by Gasteiger charge is 2.16. The predicted octanol–water partition coefficient (Wildman–Crippen LogP) is 2.23. The lowest BCUT2D eigenvalue weighted by Crippen LogP contribution is -2.11. The summed E-state index contributed by atoms with van der Waals surface area (Å²) in [7, 11) is 0. The molecule has 102 valence electrons. The van der Waals surface area contributed by atoms with E-state index in [4.69, 9.17) is 5.11 Å². The average molecular weight is 270 g/mol. The Kier molecular flexibility index (Phi) is 4.27. The second-order valence-corrected chi connectivity index (χ2v) is 4.45. The van der Waals surface area contributed by atoms with Gasteiger partial charge in [0.1, 0.15) is 0 Å². The summed E-state index contributed by atoms with van der Waals surface area (Å²) in [5.74, 6) is -1.36. The minimum absolute atomic E-state index is 0.0486. The van der Waals surface area contributed by atoms with Crippen molar-refractivity contribution in [2.75, 3.05) is 0 Å². The number of carboxylic acids is 1. The highest BCUT2D eigenvalue weighted by atomic mass is 16.4. The molecular weight excluding hydrogens is 256 g/mol. The Bertz CT molecular complexity index is 602. The molecule has 2 N–H and O–H groups in total. The zero-order valence-corrected chi connectivity index (χ0v) is 10.7. The second-order valence-electron chi connectivity index (χ2n) is 4.45. The van der Waals surface area contributed by atoms with Crippen LogP contribution in [0.1, 0.15) is 27.6 Å². The third-order valence-corrected chi connectivity index (χ3v) is 2.99. The van der Waals surface area contributed by atoms with E-state index in [1.807, 2.05) is 30.3 Å². The number of hydrogen-bond donors (Lipinski definition) is 2. The van der Waals surface area contributed by atoms with Crippen molar-refractivity contribution in [2.24, 2.45) is 0 Å². The number of aliphatic hydroxyl groups is 1. The molecule has 2 aromatic carbocycles. The number of Topliss-reactive ketones (excluding diaryl/α,β-unsaturated/α-hetero) is 1. The van der Waals surface area contributed by atoms with Crippen LogP contribution in [0.3, 0.4) is 0 Å². The van der Waals surface area contributed by atoms with E-state index in [0.717, 1.165) is 5.56 Å². The fourth-order valence-electron chi connectivity index (χ4n) is 1.88. The van der Waals surface area contributed by atoms with Gasteiger partial charge in [-0.15, -0.1) is 0 Å². The molecule has 0 aromatic heterocycles. The van der Waals surface area contributed by atoms with Crippen molar-refractivity contribution in [2.45, 2.75) is 12.5 Å². The number of benzene rings is 2. The molecule has 0 amide bonds. The van der Waals surface area contributed by atoms with E-state index >= 15 is 0 Å². The second kappa shape index (κ2) is 6.12. The van der Waals surface area contributed by atoms with Gasteiger partial charge in [0.25, 0.3) is 0 Å². The Hall–Kier alpha value is -2.46. The summed E-state index contributed by atoms with van der Waals surface area (Å²) in [5.41, 5.74) is 1.68. The van der Waals surface area contributed by atoms with Gasteiger partial charge in [-0.3, -0.25) is 4.79 Å². The van der Waals surface area contributed by atoms with E-state index < -0.39 is 12.1 Å². The summed E-state index contributed by atoms with van der Waals surface area (Å²) in [5, 5.41) is 18.1. The molecule has 0 aliphatic heterocycles. The van der Waals surface area contributed by atoms with Crippen molar-refractivity contribution in [3.05, 3.63) is 71.3 Å². The Labute approximate surface area is 116 Å². The third kappa shape index (κ3) is 3.30. The number of carbonyl (C=O) groups is 2. The molecule has 0 saturated heterocycles. The molecule has 4 heteroatoms. The molecule has 2 aromatic rings. The molecule has 20 heavy (non-hydrogen) atoms. The lowest BCUT2D eigenvalue weighted by Gasteiger charge is -2.07. The van der Waals surface area contributed by atoms with Gasteiger partial charge in [0.15, 0.2) is 11.9 Å². The van der Waals surface area contributed by atoms with E-state index in [2.05, 4.69) is 0 Å². The van der Waals surface area contributed by atoms with E-state index in [1.54, 1.807) is 0 Å². The first-order chi connectivity index (χ1) is 9.58. The van der Waals surface area contributed by atoms with Crippen LogP contribution in [0, 0.1) is 0 Å².